The molecule has 1 aliphatic heterocycles. The number of amides is 1. The molecule has 0 radical (unpaired) electrons. The number of nitro groups is 1. The van der Waals surface area contributed by atoms with E-state index in [4.69, 9.17) is 4.74 Å². The number of hydrogen-bond acceptors (Lipinski definition) is 8. The molecule has 0 unspecified atom stereocenters. The predicted octanol–water partition coefficient (Wildman–Crippen LogP) is 1.10. The molecule has 0 spiro atoms. The molecule has 2 aromatic heterocycles. The summed E-state index contributed by atoms with van der Waals surface area (Å²) in [4.78, 5) is 41.7. The van der Waals surface area contributed by atoms with Crippen molar-refractivity contribution >= 4 is 38.2 Å². The Morgan fingerprint density at radius 2 is 1.97 bits per heavy atom. The van der Waals surface area contributed by atoms with Gasteiger partial charge in [-0.1, -0.05) is 0 Å². The highest BCUT2D eigenvalue weighted by molar-refractivity contribution is 7.89. The molecule has 0 saturated carbocycles. The average molecular weight is 459 g/mol. The van der Waals surface area contributed by atoms with Gasteiger partial charge in [-0.2, -0.15) is 4.31 Å². The molecule has 32 heavy (non-hydrogen) atoms. The maximum atomic E-state index is 13.0. The summed E-state index contributed by atoms with van der Waals surface area (Å²) in [6.45, 7) is 0.951. The Labute approximate surface area is 181 Å². The third-order valence-electron chi connectivity index (χ3n) is 4.91. The number of pyridine rings is 2. The molecule has 1 fully saturated rings. The number of carbonyl (C=O) groups is 1. The lowest BCUT2D eigenvalue weighted by Gasteiger charge is -2.26. The number of aromatic amines is 1. The standard InChI is InChI=1S/C19H17N5O7S/c25-18-10-14(19(26)22-16-3-4-20-11-17(16)24(27)28)13-9-12(1-2-15(13)21-18)32(29,30)23-5-7-31-8-6-23/h1-4,9-11H,5-8H2,(H,21,25)(H,20,22,26). The summed E-state index contributed by atoms with van der Waals surface area (Å²) in [6.07, 6.45) is 2.25. The molecule has 0 atom stereocenters. The predicted molar refractivity (Wildman–Crippen MR) is 113 cm³/mol. The summed E-state index contributed by atoms with van der Waals surface area (Å²) in [5.41, 5.74) is -1.01. The lowest BCUT2D eigenvalue weighted by Crippen LogP contribution is -2.40. The number of ether oxygens (including phenoxy) is 1. The molecule has 4 rings (SSSR count). The molecule has 13 heteroatoms. The second-order valence-corrected chi connectivity index (χ2v) is 8.81. The molecule has 1 saturated heterocycles. The van der Waals surface area contributed by atoms with Crippen LogP contribution in [0.1, 0.15) is 10.4 Å². The van der Waals surface area contributed by atoms with E-state index in [9.17, 15) is 28.1 Å². The average Bonchev–Trinajstić information content (AvgIpc) is 2.79. The summed E-state index contributed by atoms with van der Waals surface area (Å²) in [6, 6.07) is 6.30. The van der Waals surface area contributed by atoms with Crippen LogP contribution >= 0.6 is 0 Å². The van der Waals surface area contributed by atoms with Crippen molar-refractivity contribution < 1.29 is 22.9 Å². The molecule has 3 aromatic rings. The number of morpholine rings is 1. The monoisotopic (exact) mass is 459 g/mol. The minimum atomic E-state index is -3.85. The van der Waals surface area contributed by atoms with Gasteiger partial charge in [0.15, 0.2) is 0 Å². The normalized spacial score (nSPS) is 14.9. The van der Waals surface area contributed by atoms with E-state index >= 15 is 0 Å². The first-order valence-electron chi connectivity index (χ1n) is 9.42. The number of carbonyl (C=O) groups excluding carboxylic acids is 1. The number of H-pyrrole nitrogens is 1. The van der Waals surface area contributed by atoms with Crippen molar-refractivity contribution in [2.75, 3.05) is 31.6 Å². The number of benzene rings is 1. The zero-order valence-corrected chi connectivity index (χ0v) is 17.3. The zero-order chi connectivity index (χ0) is 22.9. The van der Waals surface area contributed by atoms with Crippen LogP contribution in [0, 0.1) is 10.1 Å². The van der Waals surface area contributed by atoms with E-state index in [1.54, 1.807) is 0 Å². The Bertz CT molecular complexity index is 1380. The highest BCUT2D eigenvalue weighted by Crippen LogP contribution is 2.26. The molecule has 2 N–H and O–H groups in total. The molecule has 0 bridgehead atoms. The van der Waals surface area contributed by atoms with E-state index in [0.29, 0.717) is 0 Å². The number of nitrogens with one attached hydrogen (secondary N) is 2. The summed E-state index contributed by atoms with van der Waals surface area (Å²) in [5, 5.41) is 13.8. The fourth-order valence-corrected chi connectivity index (χ4v) is 4.78. The van der Waals surface area contributed by atoms with Crippen LogP contribution in [0.4, 0.5) is 11.4 Å². The van der Waals surface area contributed by atoms with Crippen LogP contribution < -0.4 is 10.9 Å². The molecule has 1 aliphatic rings. The van der Waals surface area contributed by atoms with Gasteiger partial charge in [-0.3, -0.25) is 24.7 Å². The van der Waals surface area contributed by atoms with Crippen molar-refractivity contribution in [2.45, 2.75) is 4.90 Å². The highest BCUT2D eigenvalue weighted by Gasteiger charge is 2.27. The summed E-state index contributed by atoms with van der Waals surface area (Å²) in [7, 11) is -3.85. The van der Waals surface area contributed by atoms with Gasteiger partial charge in [0.25, 0.3) is 5.91 Å². The first-order valence-corrected chi connectivity index (χ1v) is 10.9. The molecule has 12 nitrogen and oxygen atoms in total. The summed E-state index contributed by atoms with van der Waals surface area (Å²) < 4.78 is 32.5. The van der Waals surface area contributed by atoms with Crippen LogP contribution in [0.5, 0.6) is 0 Å². The maximum Gasteiger partial charge on any atom is 0.310 e. The van der Waals surface area contributed by atoms with Gasteiger partial charge in [0, 0.05) is 36.3 Å². The molecule has 1 amide bonds. The van der Waals surface area contributed by atoms with Gasteiger partial charge in [0.1, 0.15) is 11.9 Å². The summed E-state index contributed by atoms with van der Waals surface area (Å²) in [5.74, 6) is -0.809. The molecule has 166 valence electrons. The van der Waals surface area contributed by atoms with Gasteiger partial charge < -0.3 is 15.0 Å². The Hall–Kier alpha value is -3.68. The van der Waals surface area contributed by atoms with Crippen molar-refractivity contribution in [3.8, 4) is 0 Å². The van der Waals surface area contributed by atoms with Crippen molar-refractivity contribution in [1.29, 1.82) is 0 Å². The van der Waals surface area contributed by atoms with Crippen LogP contribution in [0.15, 0.2) is 52.4 Å². The minimum absolute atomic E-state index is 0.0529. The number of aromatic nitrogens is 2. The van der Waals surface area contributed by atoms with Gasteiger partial charge >= 0.3 is 5.69 Å². The first-order chi connectivity index (χ1) is 15.3. The smallest absolute Gasteiger partial charge is 0.310 e. The number of hydrogen-bond donors (Lipinski definition) is 2. The van der Waals surface area contributed by atoms with E-state index in [1.807, 2.05) is 0 Å². The number of rotatable bonds is 5. The van der Waals surface area contributed by atoms with Crippen LogP contribution in [0.25, 0.3) is 10.9 Å². The van der Waals surface area contributed by atoms with E-state index in [-0.39, 0.29) is 53.4 Å². The Balaban J connectivity index is 1.78. The maximum absolute atomic E-state index is 13.0. The topological polar surface area (TPSA) is 165 Å². The fourth-order valence-electron chi connectivity index (χ4n) is 3.34. The van der Waals surface area contributed by atoms with Gasteiger partial charge in [0.05, 0.1) is 28.6 Å². The molecular formula is C19H17N5O7S. The number of anilines is 1. The van der Waals surface area contributed by atoms with Crippen molar-refractivity contribution in [3.63, 3.8) is 0 Å². The third-order valence-corrected chi connectivity index (χ3v) is 6.81. The van der Waals surface area contributed by atoms with Crippen molar-refractivity contribution in [2.24, 2.45) is 0 Å². The zero-order valence-electron chi connectivity index (χ0n) is 16.5. The number of sulfonamides is 1. The fraction of sp³-hybridized carbons (Fsp3) is 0.211. The molecule has 1 aromatic carbocycles. The quantitative estimate of drug-likeness (QED) is 0.423. The SMILES string of the molecule is O=C(Nc1ccncc1[N+](=O)[O-])c1cc(=O)[nH]c2ccc(S(=O)(=O)N3CCOCC3)cc12. The lowest BCUT2D eigenvalue weighted by molar-refractivity contribution is -0.384. The third kappa shape index (κ3) is 4.08. The van der Waals surface area contributed by atoms with Crippen molar-refractivity contribution in [3.05, 3.63) is 68.8 Å². The van der Waals surface area contributed by atoms with E-state index in [1.165, 1.54) is 34.8 Å². The van der Waals surface area contributed by atoms with E-state index in [0.717, 1.165) is 12.3 Å². The Kier molecular flexibility index (Phi) is 5.69. The van der Waals surface area contributed by atoms with Gasteiger partial charge in [0.2, 0.25) is 15.6 Å². The Morgan fingerprint density at radius 3 is 2.69 bits per heavy atom. The lowest BCUT2D eigenvalue weighted by atomic mass is 10.1. The van der Waals surface area contributed by atoms with Gasteiger partial charge in [-0.15, -0.1) is 0 Å². The minimum Gasteiger partial charge on any atom is -0.379 e. The summed E-state index contributed by atoms with van der Waals surface area (Å²) >= 11 is 0. The van der Waals surface area contributed by atoms with Gasteiger partial charge in [-0.25, -0.2) is 8.42 Å². The molecular weight excluding hydrogens is 442 g/mol. The van der Waals surface area contributed by atoms with Gasteiger partial charge in [-0.05, 0) is 24.3 Å². The first kappa shape index (κ1) is 21.5. The molecule has 3 heterocycles. The van der Waals surface area contributed by atoms with Crippen LogP contribution in [0.3, 0.4) is 0 Å². The van der Waals surface area contributed by atoms with E-state index < -0.39 is 32.1 Å². The Morgan fingerprint density at radius 1 is 1.22 bits per heavy atom. The van der Waals surface area contributed by atoms with Crippen LogP contribution in [-0.4, -0.2) is 59.8 Å². The second-order valence-electron chi connectivity index (χ2n) is 6.88. The number of nitrogens with zero attached hydrogens (tertiary/aromatic N) is 3. The highest BCUT2D eigenvalue weighted by atomic mass is 32.2. The van der Waals surface area contributed by atoms with Crippen LogP contribution in [0.2, 0.25) is 0 Å². The second kappa shape index (κ2) is 8.45. The van der Waals surface area contributed by atoms with Crippen molar-refractivity contribution in [1.82, 2.24) is 14.3 Å². The largest absolute Gasteiger partial charge is 0.379 e. The molecule has 0 aliphatic carbocycles. The number of fused-ring (bicyclic) bond motifs is 1. The van der Waals surface area contributed by atoms with Crippen LogP contribution in [-0.2, 0) is 14.8 Å². The van der Waals surface area contributed by atoms with E-state index in [2.05, 4.69) is 15.3 Å².